The van der Waals surface area contributed by atoms with Crippen LogP contribution in [0.15, 0.2) is 30.5 Å². The number of carbonyl (C=O) groups excluding carboxylic acids is 5. The van der Waals surface area contributed by atoms with E-state index in [9.17, 15) is 33.9 Å². The van der Waals surface area contributed by atoms with Gasteiger partial charge in [-0.2, -0.15) is 0 Å². The van der Waals surface area contributed by atoms with E-state index in [1.807, 2.05) is 24.3 Å². The minimum Gasteiger partial charge on any atom is -0.480 e. The highest BCUT2D eigenvalue weighted by Crippen LogP contribution is 2.18. The van der Waals surface area contributed by atoms with Crippen LogP contribution in [0.25, 0.3) is 10.9 Å². The fourth-order valence-electron chi connectivity index (χ4n) is 3.77. The number of nitrogens with two attached hydrogens (primary N) is 3. The maximum atomic E-state index is 13.0. The fourth-order valence-corrected chi connectivity index (χ4v) is 3.77. The fraction of sp³-hybridized carbons (Fsp3) is 0.417. The number of para-hydroxylation sites is 1. The molecule has 0 aliphatic heterocycles. The van der Waals surface area contributed by atoms with Crippen LogP contribution in [0, 0.1) is 5.92 Å². The van der Waals surface area contributed by atoms with Crippen LogP contribution in [-0.4, -0.2) is 69.8 Å². The van der Waals surface area contributed by atoms with Gasteiger partial charge in [-0.05, 0) is 24.0 Å². The van der Waals surface area contributed by atoms with Gasteiger partial charge in [-0.15, -0.1) is 0 Å². The number of nitrogens with one attached hydrogen (secondary N) is 4. The van der Waals surface area contributed by atoms with Crippen LogP contribution in [0.5, 0.6) is 0 Å². The first-order chi connectivity index (χ1) is 17.8. The number of fused-ring (bicyclic) bond motifs is 1. The van der Waals surface area contributed by atoms with Crippen molar-refractivity contribution in [3.05, 3.63) is 36.0 Å². The molecule has 1 aromatic heterocycles. The Kier molecular flexibility index (Phi) is 10.3. The number of carboxylic acids is 1. The van der Waals surface area contributed by atoms with Gasteiger partial charge in [-0.25, -0.2) is 4.79 Å². The van der Waals surface area contributed by atoms with Crippen LogP contribution < -0.4 is 33.2 Å². The van der Waals surface area contributed by atoms with Crippen molar-refractivity contribution in [3.8, 4) is 0 Å². The van der Waals surface area contributed by atoms with Crippen LogP contribution in [-0.2, 0) is 35.2 Å². The van der Waals surface area contributed by atoms with E-state index in [1.54, 1.807) is 20.0 Å². The molecule has 0 spiro atoms. The van der Waals surface area contributed by atoms with Gasteiger partial charge in [0.1, 0.15) is 18.1 Å². The molecule has 11 N–H and O–H groups in total. The number of carboxylic acid groups (broad SMARTS) is 1. The lowest BCUT2D eigenvalue weighted by Gasteiger charge is -2.25. The maximum absolute atomic E-state index is 13.0. The molecule has 1 heterocycles. The predicted molar refractivity (Wildman–Crippen MR) is 136 cm³/mol. The molecule has 38 heavy (non-hydrogen) atoms. The van der Waals surface area contributed by atoms with Gasteiger partial charge >= 0.3 is 5.97 Å². The van der Waals surface area contributed by atoms with E-state index in [2.05, 4.69) is 20.9 Å². The van der Waals surface area contributed by atoms with E-state index in [-0.39, 0.29) is 6.42 Å². The minimum atomic E-state index is -1.58. The third-order valence-electron chi connectivity index (χ3n) is 5.76. The van der Waals surface area contributed by atoms with E-state index in [4.69, 9.17) is 17.2 Å². The molecule has 2 rings (SSSR count). The first-order valence-electron chi connectivity index (χ1n) is 11.8. The van der Waals surface area contributed by atoms with Gasteiger partial charge in [-0.3, -0.25) is 24.0 Å². The quantitative estimate of drug-likeness (QED) is 0.135. The van der Waals surface area contributed by atoms with Crippen molar-refractivity contribution >= 4 is 46.4 Å². The third kappa shape index (κ3) is 8.30. The minimum absolute atomic E-state index is 0.110. The maximum Gasteiger partial charge on any atom is 0.326 e. The highest BCUT2D eigenvalue weighted by molar-refractivity contribution is 5.97. The number of primary amides is 2. The lowest BCUT2D eigenvalue weighted by atomic mass is 10.0. The second-order valence-electron chi connectivity index (χ2n) is 9.20. The van der Waals surface area contributed by atoms with Gasteiger partial charge in [0.15, 0.2) is 0 Å². The van der Waals surface area contributed by atoms with Gasteiger partial charge in [0.25, 0.3) is 0 Å². The Morgan fingerprint density at radius 1 is 0.868 bits per heavy atom. The molecule has 0 radical (unpaired) electrons. The first kappa shape index (κ1) is 29.8. The highest BCUT2D eigenvalue weighted by Gasteiger charge is 2.32. The van der Waals surface area contributed by atoms with Crippen molar-refractivity contribution in [1.29, 1.82) is 0 Å². The number of amides is 5. The summed E-state index contributed by atoms with van der Waals surface area (Å²) in [5.74, 6) is -6.50. The normalized spacial score (nSPS) is 14.2. The molecule has 14 nitrogen and oxygen atoms in total. The second kappa shape index (κ2) is 13.2. The van der Waals surface area contributed by atoms with Crippen molar-refractivity contribution in [1.82, 2.24) is 20.9 Å². The molecule has 0 bridgehead atoms. The van der Waals surface area contributed by atoms with E-state index in [1.165, 1.54) is 0 Å². The molecule has 206 valence electrons. The molecule has 4 unspecified atom stereocenters. The molecule has 0 aliphatic rings. The zero-order chi connectivity index (χ0) is 28.6. The van der Waals surface area contributed by atoms with Gasteiger partial charge in [-0.1, -0.05) is 32.0 Å². The molecule has 0 saturated heterocycles. The molecule has 0 aliphatic carbocycles. The molecule has 5 amide bonds. The first-order valence-corrected chi connectivity index (χ1v) is 11.8. The van der Waals surface area contributed by atoms with Gasteiger partial charge < -0.3 is 43.2 Å². The zero-order valence-corrected chi connectivity index (χ0v) is 21.0. The smallest absolute Gasteiger partial charge is 0.326 e. The molecule has 4 atom stereocenters. The van der Waals surface area contributed by atoms with E-state index in [0.29, 0.717) is 0 Å². The highest BCUT2D eigenvalue weighted by atomic mass is 16.4. The summed E-state index contributed by atoms with van der Waals surface area (Å²) in [5.41, 5.74) is 18.1. The van der Waals surface area contributed by atoms with E-state index < -0.39 is 78.4 Å². The number of aromatic nitrogens is 1. The molecule has 0 saturated carbocycles. The van der Waals surface area contributed by atoms with Crippen LogP contribution in [0.2, 0.25) is 0 Å². The summed E-state index contributed by atoms with van der Waals surface area (Å²) in [6.45, 7) is 3.11. The standard InChI is InChI=1S/C24H33N7O7/c1-11(2)20(24(37)38)31-23(36)17(9-19(27)33)30-22(35)16(8-18(26)32)29-21(34)14(25)7-12-10-28-15-6-4-3-5-13(12)15/h3-6,10-11,14,16-17,20,28H,7-9,25H2,1-2H3,(H2,26,32)(H2,27,33)(H,29,34)(H,30,35)(H,31,36)(H,37,38). The number of carbonyl (C=O) groups is 6. The topological polar surface area (TPSA) is 253 Å². The van der Waals surface area contributed by atoms with Crippen molar-refractivity contribution in [2.45, 2.75) is 57.3 Å². The summed E-state index contributed by atoms with van der Waals surface area (Å²) in [4.78, 5) is 76.1. The predicted octanol–water partition coefficient (Wildman–Crippen LogP) is -2.02. The summed E-state index contributed by atoms with van der Waals surface area (Å²) in [5, 5.41) is 17.0. The summed E-state index contributed by atoms with van der Waals surface area (Å²) in [6.07, 6.45) is 0.518. The number of benzene rings is 1. The summed E-state index contributed by atoms with van der Waals surface area (Å²) < 4.78 is 0. The van der Waals surface area contributed by atoms with Gasteiger partial charge in [0.2, 0.25) is 29.5 Å². The summed E-state index contributed by atoms with van der Waals surface area (Å²) >= 11 is 0. The lowest BCUT2D eigenvalue weighted by Crippen LogP contribution is -2.58. The number of hydrogen-bond acceptors (Lipinski definition) is 7. The number of aliphatic carboxylic acids is 1. The Labute approximate surface area is 218 Å². The molecule has 2 aromatic rings. The van der Waals surface area contributed by atoms with Crippen LogP contribution in [0.4, 0.5) is 0 Å². The number of H-pyrrole nitrogens is 1. The third-order valence-corrected chi connectivity index (χ3v) is 5.76. The van der Waals surface area contributed by atoms with Crippen LogP contribution in [0.1, 0.15) is 32.3 Å². The lowest BCUT2D eigenvalue weighted by molar-refractivity contribution is -0.143. The monoisotopic (exact) mass is 531 g/mol. The van der Waals surface area contributed by atoms with Gasteiger partial charge in [0, 0.05) is 17.1 Å². The number of hydrogen-bond donors (Lipinski definition) is 8. The Morgan fingerprint density at radius 3 is 1.92 bits per heavy atom. The Morgan fingerprint density at radius 2 is 1.39 bits per heavy atom. The summed E-state index contributed by atoms with van der Waals surface area (Å²) in [6, 6.07) is 1.87. The van der Waals surface area contributed by atoms with Crippen LogP contribution >= 0.6 is 0 Å². The van der Waals surface area contributed by atoms with Gasteiger partial charge in [0.05, 0.1) is 18.9 Å². The van der Waals surface area contributed by atoms with Crippen molar-refractivity contribution in [2.75, 3.05) is 0 Å². The molecule has 14 heteroatoms. The van der Waals surface area contributed by atoms with E-state index in [0.717, 1.165) is 16.5 Å². The molecule has 1 aromatic carbocycles. The second-order valence-corrected chi connectivity index (χ2v) is 9.20. The molecule has 0 fully saturated rings. The van der Waals surface area contributed by atoms with Crippen molar-refractivity contribution < 1.29 is 33.9 Å². The average Bonchev–Trinajstić information content (AvgIpc) is 3.23. The Hall–Kier alpha value is -4.46. The largest absolute Gasteiger partial charge is 0.480 e. The molecular weight excluding hydrogens is 498 g/mol. The van der Waals surface area contributed by atoms with E-state index >= 15 is 0 Å². The SMILES string of the molecule is CC(C)C(NC(=O)C(CC(N)=O)NC(=O)C(CC(N)=O)NC(=O)C(N)Cc1c[nH]c2ccccc12)C(=O)O. The van der Waals surface area contributed by atoms with Crippen LogP contribution in [0.3, 0.4) is 0 Å². The number of aromatic amines is 1. The average molecular weight is 532 g/mol. The Balaban J connectivity index is 2.15. The Bertz CT molecular complexity index is 1210. The summed E-state index contributed by atoms with van der Waals surface area (Å²) in [7, 11) is 0. The number of rotatable bonds is 14. The van der Waals surface area contributed by atoms with Crippen molar-refractivity contribution in [3.63, 3.8) is 0 Å². The molecular formula is C24H33N7O7. The zero-order valence-electron chi connectivity index (χ0n) is 21.0. The van der Waals surface area contributed by atoms with Crippen molar-refractivity contribution in [2.24, 2.45) is 23.1 Å².